The van der Waals surface area contributed by atoms with Gasteiger partial charge in [0.2, 0.25) is 0 Å². The molecule has 0 atom stereocenters. The van der Waals surface area contributed by atoms with E-state index in [1.807, 2.05) is 31.3 Å². The van der Waals surface area contributed by atoms with E-state index in [0.717, 1.165) is 43.0 Å². The second-order valence-electron chi connectivity index (χ2n) is 5.35. The molecule has 1 aromatic rings. The summed E-state index contributed by atoms with van der Waals surface area (Å²) in [6.45, 7) is 1.70. The first kappa shape index (κ1) is 14.1. The van der Waals surface area contributed by atoms with Gasteiger partial charge in [0.1, 0.15) is 0 Å². The van der Waals surface area contributed by atoms with Crippen LogP contribution in [0.3, 0.4) is 0 Å². The van der Waals surface area contributed by atoms with Crippen LogP contribution in [0.2, 0.25) is 0 Å². The number of carbonyl (C=O) groups excluding carboxylic acids is 1. The van der Waals surface area contributed by atoms with Crippen molar-refractivity contribution in [3.05, 3.63) is 35.4 Å². The van der Waals surface area contributed by atoms with Crippen LogP contribution in [0.5, 0.6) is 0 Å². The quantitative estimate of drug-likeness (QED) is 0.705. The van der Waals surface area contributed by atoms with E-state index in [1.165, 1.54) is 19.3 Å². The molecule has 1 aliphatic rings. The second-order valence-corrected chi connectivity index (χ2v) is 5.35. The molecule has 0 aliphatic heterocycles. The second kappa shape index (κ2) is 7.29. The average Bonchev–Trinajstić information content (AvgIpc) is 3.25. The average molecular weight is 260 g/mol. The largest absolute Gasteiger partial charge is 0.352 e. The van der Waals surface area contributed by atoms with Gasteiger partial charge in [0.15, 0.2) is 0 Å². The van der Waals surface area contributed by atoms with Crippen molar-refractivity contribution in [2.24, 2.45) is 5.92 Å². The first-order chi connectivity index (χ1) is 9.31. The van der Waals surface area contributed by atoms with E-state index < -0.39 is 0 Å². The monoisotopic (exact) mass is 260 g/mol. The lowest BCUT2D eigenvalue weighted by Crippen LogP contribution is -2.26. The van der Waals surface area contributed by atoms with Gasteiger partial charge in [0.25, 0.3) is 5.91 Å². The number of nitrogens with one attached hydrogen (secondary N) is 2. The Morgan fingerprint density at radius 1 is 1.26 bits per heavy atom. The third-order valence-electron chi connectivity index (χ3n) is 3.68. The van der Waals surface area contributed by atoms with Crippen LogP contribution in [0.1, 0.15) is 41.6 Å². The number of rotatable bonds is 8. The van der Waals surface area contributed by atoms with Crippen LogP contribution in [0.15, 0.2) is 24.3 Å². The molecule has 3 nitrogen and oxygen atoms in total. The van der Waals surface area contributed by atoms with Gasteiger partial charge in [-0.1, -0.05) is 31.0 Å². The molecule has 0 radical (unpaired) electrons. The highest BCUT2D eigenvalue weighted by atomic mass is 16.1. The zero-order valence-corrected chi connectivity index (χ0v) is 11.7. The number of hydrogen-bond donors (Lipinski definition) is 2. The Labute approximate surface area is 115 Å². The molecule has 0 spiro atoms. The molecule has 0 aromatic heterocycles. The fourth-order valence-electron chi connectivity index (χ4n) is 2.31. The van der Waals surface area contributed by atoms with E-state index in [1.54, 1.807) is 0 Å². The van der Waals surface area contributed by atoms with E-state index in [0.29, 0.717) is 0 Å². The van der Waals surface area contributed by atoms with Gasteiger partial charge in [-0.25, -0.2) is 0 Å². The lowest BCUT2D eigenvalue weighted by Gasteiger charge is -2.10. The Balaban J connectivity index is 1.82. The molecule has 0 saturated heterocycles. The number of likely N-dealkylation sites (N-methyl/N-ethyl adjacent to an activating group) is 1. The maximum Gasteiger partial charge on any atom is 0.251 e. The highest BCUT2D eigenvalue weighted by molar-refractivity contribution is 5.95. The molecule has 19 heavy (non-hydrogen) atoms. The van der Waals surface area contributed by atoms with Crippen LogP contribution >= 0.6 is 0 Å². The summed E-state index contributed by atoms with van der Waals surface area (Å²) < 4.78 is 0. The van der Waals surface area contributed by atoms with Gasteiger partial charge in [0.05, 0.1) is 0 Å². The summed E-state index contributed by atoms with van der Waals surface area (Å²) in [4.78, 5) is 12.2. The maximum atomic E-state index is 12.2. The Kier molecular flexibility index (Phi) is 5.40. The van der Waals surface area contributed by atoms with Crippen LogP contribution in [0, 0.1) is 5.92 Å². The van der Waals surface area contributed by atoms with E-state index in [-0.39, 0.29) is 5.91 Å². The molecule has 0 bridgehead atoms. The molecule has 104 valence electrons. The zero-order chi connectivity index (χ0) is 13.5. The van der Waals surface area contributed by atoms with Crippen LogP contribution in [-0.4, -0.2) is 26.0 Å². The van der Waals surface area contributed by atoms with Crippen molar-refractivity contribution in [2.75, 3.05) is 20.1 Å². The van der Waals surface area contributed by atoms with Gasteiger partial charge >= 0.3 is 0 Å². The molecule has 0 heterocycles. The van der Waals surface area contributed by atoms with E-state index in [2.05, 4.69) is 10.6 Å². The van der Waals surface area contributed by atoms with E-state index in [4.69, 9.17) is 0 Å². The molecule has 2 rings (SSSR count). The molecular weight excluding hydrogens is 236 g/mol. The van der Waals surface area contributed by atoms with Gasteiger partial charge in [-0.2, -0.15) is 0 Å². The van der Waals surface area contributed by atoms with Crippen molar-refractivity contribution >= 4 is 5.91 Å². The van der Waals surface area contributed by atoms with Crippen molar-refractivity contribution in [3.63, 3.8) is 0 Å². The molecule has 1 aromatic carbocycles. The smallest absolute Gasteiger partial charge is 0.251 e. The number of amides is 1. The highest BCUT2D eigenvalue weighted by Gasteiger charge is 2.20. The SMILES string of the molecule is CNCCc1ccccc1C(=O)NCCCC1CC1. The van der Waals surface area contributed by atoms with Crippen molar-refractivity contribution < 1.29 is 4.79 Å². The zero-order valence-electron chi connectivity index (χ0n) is 11.7. The van der Waals surface area contributed by atoms with Crippen LogP contribution in [0.4, 0.5) is 0 Å². The normalized spacial score (nSPS) is 14.4. The number of carbonyl (C=O) groups is 1. The molecule has 1 fully saturated rings. The lowest BCUT2D eigenvalue weighted by atomic mass is 10.0. The minimum absolute atomic E-state index is 0.0718. The van der Waals surface area contributed by atoms with Gasteiger partial charge in [-0.15, -0.1) is 0 Å². The number of benzene rings is 1. The van der Waals surface area contributed by atoms with Crippen LogP contribution in [0.25, 0.3) is 0 Å². The molecule has 1 aliphatic carbocycles. The minimum atomic E-state index is 0.0718. The molecule has 1 amide bonds. The molecule has 0 unspecified atom stereocenters. The fourth-order valence-corrected chi connectivity index (χ4v) is 2.31. The van der Waals surface area contributed by atoms with Gasteiger partial charge in [-0.3, -0.25) is 4.79 Å². The van der Waals surface area contributed by atoms with Gasteiger partial charge in [0, 0.05) is 12.1 Å². The molecular formula is C16H24N2O. The van der Waals surface area contributed by atoms with E-state index >= 15 is 0 Å². The third-order valence-corrected chi connectivity index (χ3v) is 3.68. The predicted molar refractivity (Wildman–Crippen MR) is 78.4 cm³/mol. The summed E-state index contributed by atoms with van der Waals surface area (Å²) in [6.07, 6.45) is 6.04. The molecule has 1 saturated carbocycles. The molecule has 2 N–H and O–H groups in total. The third kappa shape index (κ3) is 4.67. The predicted octanol–water partition coefficient (Wildman–Crippen LogP) is 2.37. The lowest BCUT2D eigenvalue weighted by molar-refractivity contribution is 0.0952. The topological polar surface area (TPSA) is 41.1 Å². The van der Waals surface area contributed by atoms with Gasteiger partial charge < -0.3 is 10.6 Å². The van der Waals surface area contributed by atoms with E-state index in [9.17, 15) is 4.79 Å². The van der Waals surface area contributed by atoms with Gasteiger partial charge in [-0.05, 0) is 50.4 Å². The van der Waals surface area contributed by atoms with Crippen molar-refractivity contribution in [1.82, 2.24) is 10.6 Å². The summed E-state index contributed by atoms with van der Waals surface area (Å²) in [6, 6.07) is 7.88. The first-order valence-corrected chi connectivity index (χ1v) is 7.32. The minimum Gasteiger partial charge on any atom is -0.352 e. The fraction of sp³-hybridized carbons (Fsp3) is 0.562. The summed E-state index contributed by atoms with van der Waals surface area (Å²) in [5.74, 6) is 1.02. The summed E-state index contributed by atoms with van der Waals surface area (Å²) in [5.41, 5.74) is 1.95. The van der Waals surface area contributed by atoms with Crippen molar-refractivity contribution in [3.8, 4) is 0 Å². The Hall–Kier alpha value is -1.35. The van der Waals surface area contributed by atoms with Crippen LogP contribution < -0.4 is 10.6 Å². The number of hydrogen-bond acceptors (Lipinski definition) is 2. The first-order valence-electron chi connectivity index (χ1n) is 7.32. The standard InChI is InChI=1S/C16H24N2O/c1-17-12-10-14-6-2-3-7-15(14)16(19)18-11-4-5-13-8-9-13/h2-3,6-7,13,17H,4-5,8-12H2,1H3,(H,18,19). The molecule has 3 heteroatoms. The summed E-state index contributed by atoms with van der Waals surface area (Å²) in [5, 5.41) is 6.16. The summed E-state index contributed by atoms with van der Waals surface area (Å²) in [7, 11) is 1.93. The van der Waals surface area contributed by atoms with Crippen molar-refractivity contribution in [1.29, 1.82) is 0 Å². The van der Waals surface area contributed by atoms with Crippen LogP contribution in [-0.2, 0) is 6.42 Å². The Bertz CT molecular complexity index is 413. The summed E-state index contributed by atoms with van der Waals surface area (Å²) >= 11 is 0. The Morgan fingerprint density at radius 3 is 2.79 bits per heavy atom. The highest BCUT2D eigenvalue weighted by Crippen LogP contribution is 2.33. The maximum absolute atomic E-state index is 12.2. The Morgan fingerprint density at radius 2 is 2.05 bits per heavy atom. The van der Waals surface area contributed by atoms with Crippen molar-refractivity contribution in [2.45, 2.75) is 32.1 Å².